The topological polar surface area (TPSA) is 30.0 Å². The Labute approximate surface area is 92.6 Å². The maximum Gasteiger partial charge on any atom is 0.188 e. The van der Waals surface area contributed by atoms with Gasteiger partial charge >= 0.3 is 0 Å². The van der Waals surface area contributed by atoms with Crippen molar-refractivity contribution in [3.8, 4) is 0 Å². The fraction of sp³-hybridized carbons (Fsp3) is 0.167. The van der Waals surface area contributed by atoms with Gasteiger partial charge in [-0.1, -0.05) is 30.3 Å². The van der Waals surface area contributed by atoms with E-state index in [1.54, 1.807) is 6.92 Å². The fourth-order valence-corrected chi connectivity index (χ4v) is 2.07. The summed E-state index contributed by atoms with van der Waals surface area (Å²) in [4.78, 5) is 15.3. The van der Waals surface area contributed by atoms with Gasteiger partial charge in [0.1, 0.15) is 0 Å². The summed E-state index contributed by atoms with van der Waals surface area (Å²) in [5, 5.41) is 2.55. The minimum atomic E-state index is 0.0410. The first-order chi connectivity index (χ1) is 7.25. The molecular weight excluding hydrogens is 206 g/mol. The van der Waals surface area contributed by atoms with Gasteiger partial charge in [-0.3, -0.25) is 4.79 Å². The number of ketones is 1. The number of Topliss-reactive ketones (excluding diaryl/α,β-unsaturated/α-hetero) is 1. The standard InChI is InChI=1S/C12H11NOS/c1-9(14)12-13-11(8-15-12)7-10-5-3-2-4-6-10/h2-6,8H,7H2,1H3. The first-order valence-electron chi connectivity index (χ1n) is 4.75. The van der Waals surface area contributed by atoms with E-state index in [9.17, 15) is 4.79 Å². The maximum absolute atomic E-state index is 11.1. The lowest BCUT2D eigenvalue weighted by Gasteiger charge is -1.96. The molecule has 0 N–H and O–H groups in total. The predicted molar refractivity (Wildman–Crippen MR) is 61.4 cm³/mol. The highest BCUT2D eigenvalue weighted by atomic mass is 32.1. The van der Waals surface area contributed by atoms with Gasteiger partial charge in [-0.15, -0.1) is 11.3 Å². The highest BCUT2D eigenvalue weighted by molar-refractivity contribution is 7.11. The van der Waals surface area contributed by atoms with Gasteiger partial charge in [0, 0.05) is 18.7 Å². The summed E-state index contributed by atoms with van der Waals surface area (Å²) in [6.07, 6.45) is 0.796. The van der Waals surface area contributed by atoms with Gasteiger partial charge < -0.3 is 0 Å². The van der Waals surface area contributed by atoms with E-state index in [0.717, 1.165) is 12.1 Å². The van der Waals surface area contributed by atoms with Gasteiger partial charge in [0.25, 0.3) is 0 Å². The van der Waals surface area contributed by atoms with Crippen LogP contribution in [0.1, 0.15) is 28.0 Å². The average Bonchev–Trinajstić information content (AvgIpc) is 2.68. The van der Waals surface area contributed by atoms with E-state index in [1.165, 1.54) is 16.9 Å². The molecule has 3 heteroatoms. The summed E-state index contributed by atoms with van der Waals surface area (Å²) in [5.41, 5.74) is 2.19. The van der Waals surface area contributed by atoms with Crippen LogP contribution in [0, 0.1) is 0 Å². The first-order valence-corrected chi connectivity index (χ1v) is 5.63. The van der Waals surface area contributed by atoms with Crippen LogP contribution in [0.3, 0.4) is 0 Å². The number of rotatable bonds is 3. The van der Waals surface area contributed by atoms with E-state index >= 15 is 0 Å². The SMILES string of the molecule is CC(=O)c1nc(Cc2ccccc2)cs1. The number of benzene rings is 1. The van der Waals surface area contributed by atoms with Gasteiger partial charge in [-0.05, 0) is 5.56 Å². The van der Waals surface area contributed by atoms with E-state index in [2.05, 4.69) is 17.1 Å². The predicted octanol–water partition coefficient (Wildman–Crippen LogP) is 2.94. The average molecular weight is 217 g/mol. The van der Waals surface area contributed by atoms with Crippen molar-refractivity contribution in [2.45, 2.75) is 13.3 Å². The lowest BCUT2D eigenvalue weighted by Crippen LogP contribution is -1.92. The first kappa shape index (κ1) is 10.1. The molecule has 2 nitrogen and oxygen atoms in total. The number of carbonyl (C=O) groups is 1. The van der Waals surface area contributed by atoms with E-state index < -0.39 is 0 Å². The maximum atomic E-state index is 11.1. The second-order valence-electron chi connectivity index (χ2n) is 3.36. The van der Waals surface area contributed by atoms with Crippen molar-refractivity contribution in [3.63, 3.8) is 0 Å². The molecule has 0 unspecified atom stereocenters. The molecule has 0 aliphatic heterocycles. The third-order valence-corrected chi connectivity index (χ3v) is 3.07. The quantitative estimate of drug-likeness (QED) is 0.740. The molecule has 1 aromatic heterocycles. The van der Waals surface area contributed by atoms with Crippen molar-refractivity contribution in [2.24, 2.45) is 0 Å². The minimum Gasteiger partial charge on any atom is -0.292 e. The minimum absolute atomic E-state index is 0.0410. The summed E-state index contributed by atoms with van der Waals surface area (Å²) in [6.45, 7) is 1.55. The zero-order chi connectivity index (χ0) is 10.7. The van der Waals surface area contributed by atoms with Crippen molar-refractivity contribution in [3.05, 3.63) is 52.0 Å². The highest BCUT2D eigenvalue weighted by Gasteiger charge is 2.06. The van der Waals surface area contributed by atoms with Crippen molar-refractivity contribution >= 4 is 17.1 Å². The zero-order valence-corrected chi connectivity index (χ0v) is 9.25. The Balaban J connectivity index is 2.15. The molecule has 0 atom stereocenters. The molecule has 2 rings (SSSR count). The highest BCUT2D eigenvalue weighted by Crippen LogP contribution is 2.14. The van der Waals surface area contributed by atoms with Gasteiger partial charge in [0.05, 0.1) is 5.69 Å². The number of hydrogen-bond acceptors (Lipinski definition) is 3. The molecule has 0 saturated carbocycles. The van der Waals surface area contributed by atoms with Crippen molar-refractivity contribution in [1.29, 1.82) is 0 Å². The van der Waals surface area contributed by atoms with Crippen molar-refractivity contribution in [1.82, 2.24) is 4.98 Å². The van der Waals surface area contributed by atoms with Crippen molar-refractivity contribution < 1.29 is 4.79 Å². The van der Waals surface area contributed by atoms with Gasteiger partial charge in [-0.2, -0.15) is 0 Å². The smallest absolute Gasteiger partial charge is 0.188 e. The van der Waals surface area contributed by atoms with Crippen LogP contribution in [0.2, 0.25) is 0 Å². The van der Waals surface area contributed by atoms with Crippen LogP contribution in [0.5, 0.6) is 0 Å². The molecule has 0 radical (unpaired) electrons. The van der Waals surface area contributed by atoms with E-state index in [-0.39, 0.29) is 5.78 Å². The van der Waals surface area contributed by atoms with E-state index in [0.29, 0.717) is 5.01 Å². The Kier molecular flexibility index (Phi) is 2.92. The summed E-state index contributed by atoms with van der Waals surface area (Å²) >= 11 is 1.42. The normalized spacial score (nSPS) is 10.2. The van der Waals surface area contributed by atoms with Crippen molar-refractivity contribution in [2.75, 3.05) is 0 Å². The zero-order valence-electron chi connectivity index (χ0n) is 8.43. The Morgan fingerprint density at radius 3 is 2.67 bits per heavy atom. The van der Waals surface area contributed by atoms with Gasteiger partial charge in [0.15, 0.2) is 10.8 Å². The van der Waals surface area contributed by atoms with Crippen LogP contribution in [0.4, 0.5) is 0 Å². The number of nitrogens with zero attached hydrogens (tertiary/aromatic N) is 1. The number of carbonyl (C=O) groups excluding carboxylic acids is 1. The Hall–Kier alpha value is -1.48. The van der Waals surface area contributed by atoms with E-state index in [1.807, 2.05) is 23.6 Å². The van der Waals surface area contributed by atoms with Crippen LogP contribution < -0.4 is 0 Å². The number of hydrogen-bond donors (Lipinski definition) is 0. The molecule has 0 aliphatic rings. The Morgan fingerprint density at radius 2 is 2.07 bits per heavy atom. The molecule has 0 saturated heterocycles. The molecule has 0 fully saturated rings. The molecule has 1 aromatic carbocycles. The van der Waals surface area contributed by atoms with E-state index in [4.69, 9.17) is 0 Å². The van der Waals surface area contributed by atoms with Crippen LogP contribution >= 0.6 is 11.3 Å². The summed E-state index contributed by atoms with van der Waals surface area (Å²) in [6, 6.07) is 10.1. The Morgan fingerprint density at radius 1 is 1.33 bits per heavy atom. The lowest BCUT2D eigenvalue weighted by atomic mass is 10.1. The van der Waals surface area contributed by atoms with Gasteiger partial charge in [0.2, 0.25) is 0 Å². The largest absolute Gasteiger partial charge is 0.292 e. The molecule has 76 valence electrons. The lowest BCUT2D eigenvalue weighted by molar-refractivity contribution is 0.101. The molecule has 1 heterocycles. The van der Waals surface area contributed by atoms with Crippen LogP contribution in [0.25, 0.3) is 0 Å². The van der Waals surface area contributed by atoms with Crippen LogP contribution in [-0.4, -0.2) is 10.8 Å². The molecule has 15 heavy (non-hydrogen) atoms. The molecule has 0 spiro atoms. The fourth-order valence-electron chi connectivity index (χ4n) is 1.35. The molecule has 0 amide bonds. The summed E-state index contributed by atoms with van der Waals surface area (Å²) in [7, 11) is 0. The third kappa shape index (κ3) is 2.50. The second-order valence-corrected chi connectivity index (χ2v) is 4.22. The summed E-state index contributed by atoms with van der Waals surface area (Å²) in [5.74, 6) is 0.0410. The molecule has 0 aliphatic carbocycles. The van der Waals surface area contributed by atoms with Crippen LogP contribution in [0.15, 0.2) is 35.7 Å². The number of thiazole rings is 1. The molecular formula is C12H11NOS. The Bertz CT molecular complexity index is 461. The monoisotopic (exact) mass is 217 g/mol. The third-order valence-electron chi connectivity index (χ3n) is 2.08. The second kappa shape index (κ2) is 4.36. The van der Waals surface area contributed by atoms with Crippen LogP contribution in [-0.2, 0) is 6.42 Å². The number of aromatic nitrogens is 1. The molecule has 0 bridgehead atoms. The summed E-state index contributed by atoms with van der Waals surface area (Å²) < 4.78 is 0. The molecule has 2 aromatic rings. The van der Waals surface area contributed by atoms with Gasteiger partial charge in [-0.25, -0.2) is 4.98 Å².